The Labute approximate surface area is 108 Å². The third-order valence-electron chi connectivity index (χ3n) is 2.87. The number of carbonyl (C=O) groups is 2. The van der Waals surface area contributed by atoms with E-state index in [4.69, 9.17) is 0 Å². The van der Waals surface area contributed by atoms with Crippen LogP contribution in [0.1, 0.15) is 12.8 Å². The highest BCUT2D eigenvalue weighted by molar-refractivity contribution is 6.43. The molecular weight excluding hydrogens is 246 g/mol. The van der Waals surface area contributed by atoms with E-state index >= 15 is 0 Å². The zero-order chi connectivity index (χ0) is 13.2. The van der Waals surface area contributed by atoms with Crippen molar-refractivity contribution >= 4 is 34.2 Å². The van der Waals surface area contributed by atoms with Crippen LogP contribution in [0.25, 0.3) is 10.9 Å². The van der Waals surface area contributed by atoms with Crippen molar-refractivity contribution in [3.8, 4) is 0 Å². The molecule has 2 aromatic rings. The molecule has 0 radical (unpaired) electrons. The number of nitrogens with one attached hydrogen (secondary N) is 3. The highest BCUT2D eigenvalue weighted by Crippen LogP contribution is 2.19. The van der Waals surface area contributed by atoms with Gasteiger partial charge in [-0.3, -0.25) is 14.7 Å². The molecule has 7 heteroatoms. The van der Waals surface area contributed by atoms with Crippen LogP contribution in [0, 0.1) is 0 Å². The van der Waals surface area contributed by atoms with E-state index in [1.807, 2.05) is 24.3 Å². The number of hydrazone groups is 1. The van der Waals surface area contributed by atoms with Crippen molar-refractivity contribution in [3.05, 3.63) is 24.3 Å². The van der Waals surface area contributed by atoms with Gasteiger partial charge in [-0.25, -0.2) is 5.43 Å². The Bertz CT molecular complexity index is 688. The van der Waals surface area contributed by atoms with Gasteiger partial charge in [0.2, 0.25) is 5.91 Å². The number of benzene rings is 1. The number of H-pyrrole nitrogens is 1. The highest BCUT2D eigenvalue weighted by atomic mass is 16.2. The van der Waals surface area contributed by atoms with Crippen LogP contribution in [0.15, 0.2) is 29.4 Å². The maximum absolute atomic E-state index is 12.0. The van der Waals surface area contributed by atoms with Gasteiger partial charge in [0.15, 0.2) is 5.82 Å². The quantitative estimate of drug-likeness (QED) is 0.740. The molecule has 3 N–H and O–H groups in total. The van der Waals surface area contributed by atoms with Crippen LogP contribution in [0.2, 0.25) is 0 Å². The molecule has 3 rings (SSSR count). The Morgan fingerprint density at radius 2 is 2.11 bits per heavy atom. The van der Waals surface area contributed by atoms with E-state index in [2.05, 4.69) is 26.0 Å². The summed E-state index contributed by atoms with van der Waals surface area (Å²) in [7, 11) is 0. The number of para-hydroxylation sites is 1. The highest BCUT2D eigenvalue weighted by Gasteiger charge is 2.19. The van der Waals surface area contributed by atoms with E-state index in [1.165, 1.54) is 0 Å². The Morgan fingerprint density at radius 3 is 2.89 bits per heavy atom. The summed E-state index contributed by atoms with van der Waals surface area (Å²) in [5.74, 6) is -0.0702. The minimum atomic E-state index is -0.350. The Morgan fingerprint density at radius 1 is 1.26 bits per heavy atom. The van der Waals surface area contributed by atoms with Crippen LogP contribution in [0.3, 0.4) is 0 Å². The predicted molar refractivity (Wildman–Crippen MR) is 69.5 cm³/mol. The lowest BCUT2D eigenvalue weighted by Crippen LogP contribution is -2.32. The van der Waals surface area contributed by atoms with E-state index in [0.29, 0.717) is 18.0 Å². The van der Waals surface area contributed by atoms with Gasteiger partial charge in [-0.15, -0.1) is 0 Å². The first-order valence-electron chi connectivity index (χ1n) is 5.84. The molecule has 1 aliphatic rings. The molecule has 0 fully saturated rings. The molecule has 1 aromatic heterocycles. The molecule has 0 saturated carbocycles. The largest absolute Gasteiger partial charge is 0.303 e. The maximum atomic E-state index is 12.0. The third kappa shape index (κ3) is 2.17. The average molecular weight is 257 g/mol. The number of rotatable bonds is 2. The van der Waals surface area contributed by atoms with Gasteiger partial charge in [0.25, 0.3) is 5.91 Å². The number of anilines is 1. The first-order valence-corrected chi connectivity index (χ1v) is 5.84. The Kier molecular flexibility index (Phi) is 2.71. The molecule has 7 nitrogen and oxygen atoms in total. The lowest BCUT2D eigenvalue weighted by molar-refractivity contribution is -0.121. The smallest absolute Gasteiger partial charge is 0.273 e. The van der Waals surface area contributed by atoms with Crippen molar-refractivity contribution in [2.45, 2.75) is 12.8 Å². The zero-order valence-electron chi connectivity index (χ0n) is 9.93. The van der Waals surface area contributed by atoms with E-state index in [9.17, 15) is 9.59 Å². The second-order valence-electron chi connectivity index (χ2n) is 4.17. The lowest BCUT2D eigenvalue weighted by Gasteiger charge is -2.10. The van der Waals surface area contributed by atoms with Crippen molar-refractivity contribution in [2.24, 2.45) is 5.10 Å². The molecule has 96 valence electrons. The number of hydrogen-bond acceptors (Lipinski definition) is 4. The number of fused-ring (bicyclic) bond motifs is 1. The Balaban J connectivity index is 1.81. The van der Waals surface area contributed by atoms with Gasteiger partial charge >= 0.3 is 0 Å². The number of hydrogen-bond donors (Lipinski definition) is 3. The molecule has 0 aliphatic carbocycles. The van der Waals surface area contributed by atoms with Gasteiger partial charge in [0.05, 0.1) is 5.52 Å². The molecular formula is C12H11N5O2. The molecule has 1 aliphatic heterocycles. The summed E-state index contributed by atoms with van der Waals surface area (Å²) in [4.78, 5) is 22.9. The van der Waals surface area contributed by atoms with E-state index < -0.39 is 0 Å². The lowest BCUT2D eigenvalue weighted by atomic mass is 10.1. The van der Waals surface area contributed by atoms with Gasteiger partial charge < -0.3 is 5.32 Å². The zero-order valence-corrected chi connectivity index (χ0v) is 9.93. The minimum Gasteiger partial charge on any atom is -0.303 e. The van der Waals surface area contributed by atoms with Crippen molar-refractivity contribution in [3.63, 3.8) is 0 Å². The monoisotopic (exact) mass is 257 g/mol. The first kappa shape index (κ1) is 11.4. The standard InChI is InChI=1S/C12H11N5O2/c18-10-6-5-9(15-16-10)12(19)13-11-7-3-1-2-4-8(7)14-17-11/h1-4H,5-6H2,(H,16,18)(H2,13,14,17,19). The van der Waals surface area contributed by atoms with E-state index in [1.54, 1.807) is 0 Å². The molecule has 0 bridgehead atoms. The molecule has 0 saturated heterocycles. The normalized spacial score (nSPS) is 14.9. The van der Waals surface area contributed by atoms with Crippen LogP contribution in [0.5, 0.6) is 0 Å². The van der Waals surface area contributed by atoms with E-state index in [0.717, 1.165) is 10.9 Å². The van der Waals surface area contributed by atoms with Gasteiger partial charge in [-0.2, -0.15) is 10.2 Å². The first-order chi connectivity index (χ1) is 9.24. The number of nitrogens with zero attached hydrogens (tertiary/aromatic N) is 2. The van der Waals surface area contributed by atoms with Crippen molar-refractivity contribution in [1.29, 1.82) is 0 Å². The summed E-state index contributed by atoms with van der Waals surface area (Å²) >= 11 is 0. The summed E-state index contributed by atoms with van der Waals surface area (Å²) in [6, 6.07) is 7.48. The molecule has 0 atom stereocenters. The maximum Gasteiger partial charge on any atom is 0.273 e. The molecule has 1 aromatic carbocycles. The van der Waals surface area contributed by atoms with Crippen LogP contribution in [-0.4, -0.2) is 27.7 Å². The average Bonchev–Trinajstić information content (AvgIpc) is 2.83. The summed E-state index contributed by atoms with van der Waals surface area (Å²) in [6.45, 7) is 0. The molecule has 2 amide bonds. The van der Waals surface area contributed by atoms with Crippen LogP contribution >= 0.6 is 0 Å². The van der Waals surface area contributed by atoms with Crippen molar-refractivity contribution in [1.82, 2.24) is 15.6 Å². The second kappa shape index (κ2) is 4.52. The van der Waals surface area contributed by atoms with Crippen LogP contribution in [0.4, 0.5) is 5.82 Å². The fraction of sp³-hybridized carbons (Fsp3) is 0.167. The van der Waals surface area contributed by atoms with Crippen LogP contribution < -0.4 is 10.7 Å². The number of aromatic nitrogens is 2. The summed E-state index contributed by atoms with van der Waals surface area (Å²) in [5, 5.41) is 14.1. The van der Waals surface area contributed by atoms with Crippen LogP contribution in [-0.2, 0) is 9.59 Å². The number of aromatic amines is 1. The molecule has 0 spiro atoms. The van der Waals surface area contributed by atoms with Gasteiger partial charge in [0.1, 0.15) is 5.71 Å². The molecule has 2 heterocycles. The van der Waals surface area contributed by atoms with Gasteiger partial charge in [-0.1, -0.05) is 12.1 Å². The van der Waals surface area contributed by atoms with Gasteiger partial charge in [0, 0.05) is 18.2 Å². The van der Waals surface area contributed by atoms with Crippen molar-refractivity contribution in [2.75, 3.05) is 5.32 Å². The topological polar surface area (TPSA) is 99.2 Å². The SMILES string of the molecule is O=C1CCC(C(=O)Nc2n[nH]c3ccccc23)=NN1. The van der Waals surface area contributed by atoms with Crippen molar-refractivity contribution < 1.29 is 9.59 Å². The van der Waals surface area contributed by atoms with Gasteiger partial charge in [-0.05, 0) is 12.1 Å². The third-order valence-corrected chi connectivity index (χ3v) is 2.87. The number of carbonyl (C=O) groups excluding carboxylic acids is 2. The van der Waals surface area contributed by atoms with E-state index in [-0.39, 0.29) is 18.2 Å². The minimum absolute atomic E-state index is 0.179. The summed E-state index contributed by atoms with van der Waals surface area (Å²) in [5.41, 5.74) is 3.43. The number of amides is 2. The Hall–Kier alpha value is -2.70. The fourth-order valence-electron chi connectivity index (χ4n) is 1.88. The summed E-state index contributed by atoms with van der Waals surface area (Å²) < 4.78 is 0. The predicted octanol–water partition coefficient (Wildman–Crippen LogP) is 0.767. The second-order valence-corrected chi connectivity index (χ2v) is 4.17. The molecule has 19 heavy (non-hydrogen) atoms. The molecule has 0 unspecified atom stereocenters. The summed E-state index contributed by atoms with van der Waals surface area (Å²) in [6.07, 6.45) is 0.605. The fourth-order valence-corrected chi connectivity index (χ4v) is 1.88.